The van der Waals surface area contributed by atoms with Crippen molar-refractivity contribution in [2.45, 2.75) is 37.6 Å². The maximum Gasteiger partial charge on any atom is 0.407 e. The summed E-state index contributed by atoms with van der Waals surface area (Å²) in [4.78, 5) is 39.1. The van der Waals surface area contributed by atoms with Gasteiger partial charge in [0.15, 0.2) is 0 Å². The summed E-state index contributed by atoms with van der Waals surface area (Å²) in [5.41, 5.74) is 3.69. The molecule has 2 atom stereocenters. The van der Waals surface area contributed by atoms with Gasteiger partial charge in [-0.1, -0.05) is 61.0 Å². The first kappa shape index (κ1) is 23.1. The Balaban J connectivity index is 1.19. The first-order chi connectivity index (χ1) is 16.9. The first-order valence-electron chi connectivity index (χ1n) is 12.2. The molecule has 0 bridgehead atoms. The van der Waals surface area contributed by atoms with Crippen molar-refractivity contribution in [3.05, 3.63) is 72.3 Å². The van der Waals surface area contributed by atoms with Gasteiger partial charge in [-0.2, -0.15) is 0 Å². The smallest absolute Gasteiger partial charge is 0.407 e. The van der Waals surface area contributed by atoms with Gasteiger partial charge in [-0.05, 0) is 41.5 Å². The zero-order valence-electron chi connectivity index (χ0n) is 19.6. The first-order valence-corrected chi connectivity index (χ1v) is 12.2. The molecule has 2 aromatic carbocycles. The van der Waals surface area contributed by atoms with E-state index >= 15 is 0 Å². The Morgan fingerprint density at radius 3 is 2.29 bits per heavy atom. The van der Waals surface area contributed by atoms with Gasteiger partial charge in [-0.15, -0.1) is 6.58 Å². The van der Waals surface area contributed by atoms with Crippen LogP contribution in [-0.4, -0.2) is 53.7 Å². The fourth-order valence-corrected chi connectivity index (χ4v) is 5.92. The molecular weight excluding hydrogens is 444 g/mol. The third-order valence-electron chi connectivity index (χ3n) is 7.77. The summed E-state index contributed by atoms with van der Waals surface area (Å²) in [5.74, 6) is -1.37. The molecule has 1 heterocycles. The van der Waals surface area contributed by atoms with Gasteiger partial charge >= 0.3 is 12.1 Å². The lowest BCUT2D eigenvalue weighted by molar-refractivity contribution is -0.167. The fraction of sp³-hybridized carbons (Fsp3) is 0.393. The minimum Gasteiger partial charge on any atom is -0.481 e. The second-order valence-electron chi connectivity index (χ2n) is 9.89. The van der Waals surface area contributed by atoms with Crippen LogP contribution in [0.3, 0.4) is 0 Å². The Morgan fingerprint density at radius 1 is 1.06 bits per heavy atom. The minimum atomic E-state index is -0.939. The van der Waals surface area contributed by atoms with E-state index in [9.17, 15) is 19.5 Å². The van der Waals surface area contributed by atoms with Gasteiger partial charge in [0.2, 0.25) is 5.91 Å². The number of fused-ring (bicyclic) bond motifs is 3. The Kier molecular flexibility index (Phi) is 6.09. The van der Waals surface area contributed by atoms with Crippen LogP contribution >= 0.6 is 0 Å². The Morgan fingerprint density at radius 2 is 1.69 bits per heavy atom. The standard InChI is InChI=1S/C28H30N2O5/c1-2-14-28(26(32)33)16-30(17-28)25(31)22-12-7-13-24(22)29-27(34)35-15-23-20-10-5-3-8-18(20)19-9-4-6-11-21(19)23/h2-6,8-11,22-24H,1,7,12-17H2,(H,29,34)(H,32,33)/t22-,24+/m1/s1. The SMILES string of the molecule is C=CCC1(C(=O)O)CN(C(=O)[C@@H]2CCC[C@@H]2NC(=O)OCC2c3ccccc3-c3ccccc32)C1. The maximum atomic E-state index is 13.1. The van der Waals surface area contributed by atoms with E-state index < -0.39 is 17.5 Å². The topological polar surface area (TPSA) is 95.9 Å². The van der Waals surface area contributed by atoms with Crippen molar-refractivity contribution in [3.8, 4) is 11.1 Å². The van der Waals surface area contributed by atoms with Crippen molar-refractivity contribution in [2.24, 2.45) is 11.3 Å². The number of ether oxygens (including phenoxy) is 1. The fourth-order valence-electron chi connectivity index (χ4n) is 5.92. The normalized spacial score (nSPS) is 22.0. The van der Waals surface area contributed by atoms with Crippen LogP contribution in [0.4, 0.5) is 4.79 Å². The lowest BCUT2D eigenvalue weighted by Crippen LogP contribution is -2.63. The number of carbonyl (C=O) groups is 3. The van der Waals surface area contributed by atoms with Gasteiger partial charge in [0.25, 0.3) is 0 Å². The van der Waals surface area contributed by atoms with Crippen LogP contribution in [0.5, 0.6) is 0 Å². The third-order valence-corrected chi connectivity index (χ3v) is 7.77. The Bertz CT molecular complexity index is 1120. The molecule has 182 valence electrons. The molecule has 7 nitrogen and oxygen atoms in total. The van der Waals surface area contributed by atoms with Crippen molar-refractivity contribution in [3.63, 3.8) is 0 Å². The molecule has 2 amide bonds. The highest BCUT2D eigenvalue weighted by Gasteiger charge is 2.52. The molecule has 2 aromatic rings. The van der Waals surface area contributed by atoms with Gasteiger partial charge < -0.3 is 20.1 Å². The number of carboxylic acids is 1. The van der Waals surface area contributed by atoms with Crippen LogP contribution in [0.25, 0.3) is 11.1 Å². The van der Waals surface area contributed by atoms with Crippen molar-refractivity contribution in [1.82, 2.24) is 10.2 Å². The van der Waals surface area contributed by atoms with E-state index in [0.717, 1.165) is 17.5 Å². The molecule has 7 heteroatoms. The summed E-state index contributed by atoms with van der Waals surface area (Å²) in [6.45, 7) is 4.23. The number of allylic oxidation sites excluding steroid dienone is 1. The van der Waals surface area contributed by atoms with Crippen LogP contribution in [0.1, 0.15) is 42.7 Å². The highest BCUT2D eigenvalue weighted by atomic mass is 16.5. The Labute approximate surface area is 204 Å². The quantitative estimate of drug-likeness (QED) is 0.587. The van der Waals surface area contributed by atoms with E-state index in [1.165, 1.54) is 11.1 Å². The number of aliphatic carboxylic acids is 1. The molecule has 3 aliphatic rings. The lowest BCUT2D eigenvalue weighted by atomic mass is 9.76. The van der Waals surface area contributed by atoms with E-state index in [0.29, 0.717) is 19.3 Å². The molecule has 5 rings (SSSR count). The van der Waals surface area contributed by atoms with Crippen molar-refractivity contribution < 1.29 is 24.2 Å². The zero-order chi connectivity index (χ0) is 24.6. The number of hydrogen-bond acceptors (Lipinski definition) is 4. The van der Waals surface area contributed by atoms with Crippen LogP contribution in [0.15, 0.2) is 61.2 Å². The number of carboxylic acid groups (broad SMARTS) is 1. The summed E-state index contributed by atoms with van der Waals surface area (Å²) in [5, 5.41) is 12.5. The third kappa shape index (κ3) is 4.09. The predicted octanol–water partition coefficient (Wildman–Crippen LogP) is 4.18. The number of amides is 2. The monoisotopic (exact) mass is 474 g/mol. The molecule has 2 N–H and O–H groups in total. The average molecular weight is 475 g/mol. The molecule has 0 aromatic heterocycles. The minimum absolute atomic E-state index is 0.0238. The number of alkyl carbamates (subject to hydrolysis) is 1. The van der Waals surface area contributed by atoms with Gasteiger partial charge in [0, 0.05) is 25.0 Å². The molecule has 1 saturated carbocycles. The van der Waals surface area contributed by atoms with Crippen LogP contribution in [-0.2, 0) is 14.3 Å². The van der Waals surface area contributed by atoms with E-state index in [2.05, 4.69) is 36.2 Å². The van der Waals surface area contributed by atoms with E-state index in [1.54, 1.807) is 11.0 Å². The molecule has 1 saturated heterocycles. The van der Waals surface area contributed by atoms with Gasteiger partial charge in [0.1, 0.15) is 12.0 Å². The second-order valence-corrected chi connectivity index (χ2v) is 9.89. The van der Waals surface area contributed by atoms with Crippen molar-refractivity contribution in [1.29, 1.82) is 0 Å². The number of nitrogens with one attached hydrogen (secondary N) is 1. The summed E-state index contributed by atoms with van der Waals surface area (Å²) < 4.78 is 5.66. The van der Waals surface area contributed by atoms with Crippen LogP contribution < -0.4 is 5.32 Å². The van der Waals surface area contributed by atoms with Crippen LogP contribution in [0, 0.1) is 11.3 Å². The van der Waals surface area contributed by atoms with Crippen molar-refractivity contribution in [2.75, 3.05) is 19.7 Å². The number of hydrogen-bond donors (Lipinski definition) is 2. The van der Waals surface area contributed by atoms with Crippen LogP contribution in [0.2, 0.25) is 0 Å². The summed E-state index contributed by atoms with van der Waals surface area (Å²) in [6.07, 6.45) is 3.60. The Hall–Kier alpha value is -3.61. The van der Waals surface area contributed by atoms with E-state index in [1.807, 2.05) is 24.3 Å². The maximum absolute atomic E-state index is 13.1. The largest absolute Gasteiger partial charge is 0.481 e. The van der Waals surface area contributed by atoms with E-state index in [-0.39, 0.29) is 43.5 Å². The molecule has 0 radical (unpaired) electrons. The van der Waals surface area contributed by atoms with Crippen molar-refractivity contribution >= 4 is 18.0 Å². The molecule has 2 aliphatic carbocycles. The number of benzene rings is 2. The zero-order valence-corrected chi connectivity index (χ0v) is 19.6. The summed E-state index contributed by atoms with van der Waals surface area (Å²) in [6, 6.07) is 16.0. The van der Waals surface area contributed by atoms with E-state index in [4.69, 9.17) is 4.74 Å². The molecule has 0 spiro atoms. The van der Waals surface area contributed by atoms with Gasteiger partial charge in [-0.25, -0.2) is 4.79 Å². The average Bonchev–Trinajstić information content (AvgIpc) is 3.41. The summed E-state index contributed by atoms with van der Waals surface area (Å²) in [7, 11) is 0. The predicted molar refractivity (Wildman–Crippen MR) is 131 cm³/mol. The number of carbonyl (C=O) groups excluding carboxylic acids is 2. The molecule has 2 fully saturated rings. The molecule has 0 unspecified atom stereocenters. The number of rotatable bonds is 7. The highest BCUT2D eigenvalue weighted by Crippen LogP contribution is 2.44. The summed E-state index contributed by atoms with van der Waals surface area (Å²) >= 11 is 0. The number of nitrogens with zero attached hydrogens (tertiary/aromatic N) is 1. The molecule has 35 heavy (non-hydrogen) atoms. The number of likely N-dealkylation sites (tertiary alicyclic amines) is 1. The van der Waals surface area contributed by atoms with Gasteiger partial charge in [0.05, 0.1) is 5.92 Å². The highest BCUT2D eigenvalue weighted by molar-refractivity contribution is 5.86. The molecule has 1 aliphatic heterocycles. The van der Waals surface area contributed by atoms with Gasteiger partial charge in [-0.3, -0.25) is 9.59 Å². The molecular formula is C28H30N2O5. The second kappa shape index (κ2) is 9.21. The lowest BCUT2D eigenvalue weighted by Gasteiger charge is -2.48.